The van der Waals surface area contributed by atoms with Crippen LogP contribution in [-0.4, -0.2) is 31.0 Å². The van der Waals surface area contributed by atoms with Crippen molar-refractivity contribution < 1.29 is 9.53 Å². The Kier molecular flexibility index (Phi) is 4.20. The molecule has 1 atom stereocenters. The Morgan fingerprint density at radius 2 is 2.36 bits per heavy atom. The molecule has 0 aliphatic carbocycles. The molecule has 1 aliphatic rings. The van der Waals surface area contributed by atoms with Gasteiger partial charge in [0, 0.05) is 12.5 Å². The van der Waals surface area contributed by atoms with Gasteiger partial charge in [0.2, 0.25) is 5.91 Å². The second-order valence-corrected chi connectivity index (χ2v) is 4.67. The van der Waals surface area contributed by atoms with Crippen LogP contribution in [0.5, 0.6) is 0 Å². The highest BCUT2D eigenvalue weighted by Gasteiger charge is 2.28. The first kappa shape index (κ1) is 11.8. The van der Waals surface area contributed by atoms with Gasteiger partial charge in [-0.15, -0.1) is 11.6 Å². The van der Waals surface area contributed by atoms with Gasteiger partial charge in [-0.3, -0.25) is 4.79 Å². The van der Waals surface area contributed by atoms with Crippen molar-refractivity contribution in [2.24, 2.45) is 5.41 Å². The van der Waals surface area contributed by atoms with Crippen molar-refractivity contribution in [3.05, 3.63) is 0 Å². The number of rotatable bonds is 3. The molecule has 0 radical (unpaired) electrons. The van der Waals surface area contributed by atoms with Gasteiger partial charge in [0.25, 0.3) is 0 Å². The summed E-state index contributed by atoms with van der Waals surface area (Å²) in [5.41, 5.74) is -0.487. The summed E-state index contributed by atoms with van der Waals surface area (Å²) in [7, 11) is 0. The van der Waals surface area contributed by atoms with Crippen LogP contribution in [-0.2, 0) is 9.53 Å². The summed E-state index contributed by atoms with van der Waals surface area (Å²) in [6.07, 6.45) is 2.02. The molecule has 0 bridgehead atoms. The lowest BCUT2D eigenvalue weighted by Gasteiger charge is -2.27. The molecule has 1 saturated heterocycles. The molecule has 0 aromatic carbocycles. The molecule has 0 spiro atoms. The second-order valence-electron chi connectivity index (χ2n) is 4.41. The topological polar surface area (TPSA) is 38.3 Å². The maximum Gasteiger partial charge on any atom is 0.227 e. The Morgan fingerprint density at radius 3 is 2.86 bits per heavy atom. The third-order valence-corrected chi connectivity index (χ3v) is 3.11. The molecule has 14 heavy (non-hydrogen) atoms. The van der Waals surface area contributed by atoms with Crippen LogP contribution in [0.3, 0.4) is 0 Å². The number of ether oxygens (including phenoxy) is 1. The summed E-state index contributed by atoms with van der Waals surface area (Å²) in [6, 6.07) is 0.166. The Hall–Kier alpha value is -0.280. The van der Waals surface area contributed by atoms with Crippen LogP contribution >= 0.6 is 11.6 Å². The minimum atomic E-state index is -0.487. The van der Waals surface area contributed by atoms with Crippen molar-refractivity contribution >= 4 is 17.5 Å². The maximum absolute atomic E-state index is 11.7. The summed E-state index contributed by atoms with van der Waals surface area (Å²) in [4.78, 5) is 11.7. The zero-order chi connectivity index (χ0) is 10.6. The molecule has 82 valence electrons. The van der Waals surface area contributed by atoms with Gasteiger partial charge in [-0.25, -0.2) is 0 Å². The Balaban J connectivity index is 2.39. The molecule has 0 saturated carbocycles. The van der Waals surface area contributed by atoms with E-state index >= 15 is 0 Å². The van der Waals surface area contributed by atoms with Gasteiger partial charge in [0.15, 0.2) is 0 Å². The molecule has 0 aromatic rings. The predicted molar refractivity (Wildman–Crippen MR) is 56.5 cm³/mol. The van der Waals surface area contributed by atoms with Gasteiger partial charge in [0.05, 0.1) is 18.1 Å². The summed E-state index contributed by atoms with van der Waals surface area (Å²) in [5, 5.41) is 2.96. The highest BCUT2D eigenvalue weighted by atomic mass is 35.5. The maximum atomic E-state index is 11.7. The average molecular weight is 220 g/mol. The minimum absolute atomic E-state index is 0.0167. The van der Waals surface area contributed by atoms with Crippen molar-refractivity contribution in [3.8, 4) is 0 Å². The largest absolute Gasteiger partial charge is 0.379 e. The lowest BCUT2D eigenvalue weighted by molar-refractivity contribution is -0.130. The van der Waals surface area contributed by atoms with Crippen LogP contribution in [0.15, 0.2) is 0 Å². The molecule has 1 heterocycles. The van der Waals surface area contributed by atoms with E-state index in [1.54, 1.807) is 0 Å². The Bertz CT molecular complexity index is 200. The smallest absolute Gasteiger partial charge is 0.227 e. The summed E-state index contributed by atoms with van der Waals surface area (Å²) >= 11 is 5.71. The van der Waals surface area contributed by atoms with Crippen molar-refractivity contribution in [2.45, 2.75) is 32.7 Å². The van der Waals surface area contributed by atoms with Gasteiger partial charge in [0.1, 0.15) is 0 Å². The third-order valence-electron chi connectivity index (χ3n) is 2.44. The van der Waals surface area contributed by atoms with Crippen LogP contribution in [0, 0.1) is 5.41 Å². The van der Waals surface area contributed by atoms with E-state index in [0.29, 0.717) is 12.5 Å². The first-order valence-corrected chi connectivity index (χ1v) is 5.54. The van der Waals surface area contributed by atoms with Crippen LogP contribution in [0.25, 0.3) is 0 Å². The number of carbonyl (C=O) groups excluding carboxylic acids is 1. The Labute approximate surface area is 90.1 Å². The number of alkyl halides is 1. The molecule has 1 unspecified atom stereocenters. The number of halogens is 1. The summed E-state index contributed by atoms with van der Waals surface area (Å²) in [5.74, 6) is 0.356. The lowest BCUT2D eigenvalue weighted by atomic mass is 9.94. The van der Waals surface area contributed by atoms with Crippen LogP contribution in [0.1, 0.15) is 26.7 Å². The lowest BCUT2D eigenvalue weighted by Crippen LogP contribution is -2.46. The highest BCUT2D eigenvalue weighted by Crippen LogP contribution is 2.18. The van der Waals surface area contributed by atoms with Gasteiger partial charge < -0.3 is 10.1 Å². The molecule has 3 nitrogen and oxygen atoms in total. The molecule has 1 rings (SSSR count). The SMILES string of the molecule is CC(C)(CCl)C(=O)NC1CCCOC1. The number of hydrogen-bond donors (Lipinski definition) is 1. The molecule has 0 aromatic heterocycles. The summed E-state index contributed by atoms with van der Waals surface area (Å²) < 4.78 is 5.28. The fraction of sp³-hybridized carbons (Fsp3) is 0.900. The third kappa shape index (κ3) is 3.14. The van der Waals surface area contributed by atoms with Crippen LogP contribution < -0.4 is 5.32 Å². The van der Waals surface area contributed by atoms with E-state index in [0.717, 1.165) is 19.4 Å². The molecular weight excluding hydrogens is 202 g/mol. The van der Waals surface area contributed by atoms with Crippen LogP contribution in [0.2, 0.25) is 0 Å². The quantitative estimate of drug-likeness (QED) is 0.732. The first-order valence-electron chi connectivity index (χ1n) is 5.01. The molecule has 1 aliphatic heterocycles. The fourth-order valence-electron chi connectivity index (χ4n) is 1.30. The van der Waals surface area contributed by atoms with E-state index < -0.39 is 5.41 Å². The minimum Gasteiger partial charge on any atom is -0.379 e. The van der Waals surface area contributed by atoms with E-state index in [4.69, 9.17) is 16.3 Å². The monoisotopic (exact) mass is 219 g/mol. The van der Waals surface area contributed by atoms with Gasteiger partial charge >= 0.3 is 0 Å². The molecule has 4 heteroatoms. The normalized spacial score (nSPS) is 23.2. The summed E-state index contributed by atoms with van der Waals surface area (Å²) in [6.45, 7) is 5.13. The molecule has 1 amide bonds. The average Bonchev–Trinajstić information content (AvgIpc) is 2.19. The van der Waals surface area contributed by atoms with E-state index in [-0.39, 0.29) is 11.9 Å². The molecule has 1 N–H and O–H groups in total. The van der Waals surface area contributed by atoms with Crippen LogP contribution in [0.4, 0.5) is 0 Å². The number of carbonyl (C=O) groups is 1. The van der Waals surface area contributed by atoms with Gasteiger partial charge in [-0.2, -0.15) is 0 Å². The first-order chi connectivity index (χ1) is 6.56. The molecular formula is C10H18ClNO2. The van der Waals surface area contributed by atoms with E-state index in [9.17, 15) is 4.79 Å². The molecule has 1 fully saturated rings. The van der Waals surface area contributed by atoms with E-state index in [1.165, 1.54) is 0 Å². The highest BCUT2D eigenvalue weighted by molar-refractivity contribution is 6.19. The number of amides is 1. The zero-order valence-electron chi connectivity index (χ0n) is 8.81. The van der Waals surface area contributed by atoms with Crippen molar-refractivity contribution in [2.75, 3.05) is 19.1 Å². The predicted octanol–water partition coefficient (Wildman–Crippen LogP) is 1.55. The van der Waals surface area contributed by atoms with Gasteiger partial charge in [-0.1, -0.05) is 0 Å². The van der Waals surface area contributed by atoms with E-state index in [1.807, 2.05) is 13.8 Å². The number of hydrogen-bond acceptors (Lipinski definition) is 2. The number of nitrogens with one attached hydrogen (secondary N) is 1. The van der Waals surface area contributed by atoms with Gasteiger partial charge in [-0.05, 0) is 26.7 Å². The zero-order valence-corrected chi connectivity index (χ0v) is 9.56. The standard InChI is InChI=1S/C10H18ClNO2/c1-10(2,7-11)9(13)12-8-4-3-5-14-6-8/h8H,3-7H2,1-2H3,(H,12,13). The fourth-order valence-corrected chi connectivity index (χ4v) is 1.42. The Morgan fingerprint density at radius 1 is 1.64 bits per heavy atom. The van der Waals surface area contributed by atoms with E-state index in [2.05, 4.69) is 5.32 Å². The second kappa shape index (κ2) is 4.99. The van der Waals surface area contributed by atoms with Crippen molar-refractivity contribution in [1.29, 1.82) is 0 Å². The van der Waals surface area contributed by atoms with Crippen molar-refractivity contribution in [1.82, 2.24) is 5.32 Å². The van der Waals surface area contributed by atoms with Crippen molar-refractivity contribution in [3.63, 3.8) is 0 Å².